The van der Waals surface area contributed by atoms with Crippen molar-refractivity contribution in [1.29, 1.82) is 0 Å². The van der Waals surface area contributed by atoms with Gasteiger partial charge in [-0.25, -0.2) is 0 Å². The molecule has 1 aromatic carbocycles. The molecular formula is C27H32N4O2S. The number of aryl methyl sites for hydroxylation is 1. The van der Waals surface area contributed by atoms with Crippen molar-refractivity contribution in [2.24, 2.45) is 0 Å². The highest BCUT2D eigenvalue weighted by atomic mass is 32.1. The molecule has 6 nitrogen and oxygen atoms in total. The molecule has 5 rings (SSSR count). The molecule has 2 amide bonds. The van der Waals surface area contributed by atoms with Gasteiger partial charge in [-0.15, -0.1) is 11.3 Å². The fourth-order valence-electron chi connectivity index (χ4n) is 5.09. The minimum absolute atomic E-state index is 0.0840. The van der Waals surface area contributed by atoms with E-state index >= 15 is 0 Å². The zero-order valence-electron chi connectivity index (χ0n) is 19.9. The van der Waals surface area contributed by atoms with Gasteiger partial charge in [0.05, 0.1) is 18.8 Å². The molecule has 0 saturated heterocycles. The van der Waals surface area contributed by atoms with Crippen LogP contribution in [0.15, 0.2) is 47.8 Å². The first-order valence-electron chi connectivity index (χ1n) is 12.3. The molecule has 3 heterocycles. The van der Waals surface area contributed by atoms with Crippen LogP contribution in [0.25, 0.3) is 11.3 Å². The van der Waals surface area contributed by atoms with Crippen LogP contribution < -0.4 is 5.32 Å². The van der Waals surface area contributed by atoms with Crippen molar-refractivity contribution in [3.05, 3.63) is 64.0 Å². The average molecular weight is 477 g/mol. The standard InChI is InChI=1S/C27H32N4O2S/c1-3-19-11-13-20(14-12-19)23-16-24-25(32)30(17-22-10-7-15-34-22)27(2,18-31(24)29-23)26(33)28-21-8-5-4-6-9-21/h7,10-16,21H,3-6,8-9,17-18H2,1-2H3,(H,28,33)/t27-/m1/s1. The van der Waals surface area contributed by atoms with Crippen molar-refractivity contribution in [2.75, 3.05) is 0 Å². The third-order valence-corrected chi connectivity index (χ3v) is 8.14. The Labute approximate surface area is 205 Å². The second-order valence-electron chi connectivity index (χ2n) is 9.68. The Hall–Kier alpha value is -2.93. The first-order chi connectivity index (χ1) is 16.5. The third-order valence-electron chi connectivity index (χ3n) is 7.28. The Morgan fingerprint density at radius 1 is 1.18 bits per heavy atom. The maximum absolute atomic E-state index is 13.8. The number of carbonyl (C=O) groups is 2. The molecule has 0 radical (unpaired) electrons. The Morgan fingerprint density at radius 3 is 2.62 bits per heavy atom. The largest absolute Gasteiger partial charge is 0.351 e. The van der Waals surface area contributed by atoms with E-state index in [9.17, 15) is 9.59 Å². The molecule has 34 heavy (non-hydrogen) atoms. The number of benzene rings is 1. The maximum Gasteiger partial charge on any atom is 0.273 e. The van der Waals surface area contributed by atoms with E-state index in [-0.39, 0.29) is 17.9 Å². The fourth-order valence-corrected chi connectivity index (χ4v) is 5.78. The van der Waals surface area contributed by atoms with E-state index in [2.05, 4.69) is 36.5 Å². The molecule has 3 aromatic rings. The topological polar surface area (TPSA) is 67.2 Å². The van der Waals surface area contributed by atoms with E-state index in [0.29, 0.717) is 18.8 Å². The summed E-state index contributed by atoms with van der Waals surface area (Å²) in [6.07, 6.45) is 6.50. The number of hydrogen-bond acceptors (Lipinski definition) is 4. The number of amides is 2. The predicted molar refractivity (Wildman–Crippen MR) is 135 cm³/mol. The number of nitrogens with one attached hydrogen (secondary N) is 1. The molecule has 1 saturated carbocycles. The summed E-state index contributed by atoms with van der Waals surface area (Å²) in [6.45, 7) is 4.77. The van der Waals surface area contributed by atoms with Crippen LogP contribution in [0, 0.1) is 0 Å². The number of aromatic nitrogens is 2. The highest BCUT2D eigenvalue weighted by Gasteiger charge is 2.48. The molecule has 1 atom stereocenters. The fraction of sp³-hybridized carbons (Fsp3) is 0.444. The summed E-state index contributed by atoms with van der Waals surface area (Å²) in [5.41, 5.74) is 2.52. The summed E-state index contributed by atoms with van der Waals surface area (Å²) in [6, 6.07) is 14.3. The summed E-state index contributed by atoms with van der Waals surface area (Å²) >= 11 is 1.61. The molecular weight excluding hydrogens is 444 g/mol. The van der Waals surface area contributed by atoms with E-state index in [4.69, 9.17) is 5.10 Å². The van der Waals surface area contributed by atoms with Gasteiger partial charge in [-0.2, -0.15) is 5.10 Å². The van der Waals surface area contributed by atoms with Gasteiger partial charge in [-0.3, -0.25) is 14.3 Å². The average Bonchev–Trinajstić information content (AvgIpc) is 3.52. The zero-order chi connectivity index (χ0) is 23.7. The molecule has 1 fully saturated rings. The van der Waals surface area contributed by atoms with Crippen molar-refractivity contribution in [1.82, 2.24) is 20.0 Å². The van der Waals surface area contributed by atoms with E-state index in [1.54, 1.807) is 20.9 Å². The molecule has 7 heteroatoms. The van der Waals surface area contributed by atoms with Crippen LogP contribution in [0.5, 0.6) is 0 Å². The highest BCUT2D eigenvalue weighted by molar-refractivity contribution is 7.09. The summed E-state index contributed by atoms with van der Waals surface area (Å²) in [4.78, 5) is 30.3. The molecule has 1 aliphatic heterocycles. The minimum atomic E-state index is -1.01. The summed E-state index contributed by atoms with van der Waals surface area (Å²) in [5, 5.41) is 10.1. The van der Waals surface area contributed by atoms with Crippen molar-refractivity contribution in [3.63, 3.8) is 0 Å². The lowest BCUT2D eigenvalue weighted by Crippen LogP contribution is -2.64. The highest BCUT2D eigenvalue weighted by Crippen LogP contribution is 2.32. The van der Waals surface area contributed by atoms with Crippen LogP contribution in [0.1, 0.15) is 66.9 Å². The molecule has 2 aliphatic rings. The Kier molecular flexibility index (Phi) is 6.30. The van der Waals surface area contributed by atoms with Gasteiger partial charge in [0.1, 0.15) is 11.2 Å². The van der Waals surface area contributed by atoms with E-state index in [0.717, 1.165) is 48.2 Å². The Bertz CT molecular complexity index is 1160. The molecule has 1 aliphatic carbocycles. The van der Waals surface area contributed by atoms with Crippen molar-refractivity contribution in [3.8, 4) is 11.3 Å². The lowest BCUT2D eigenvalue weighted by molar-refractivity contribution is -0.134. The number of hydrogen-bond donors (Lipinski definition) is 1. The lowest BCUT2D eigenvalue weighted by Gasteiger charge is -2.43. The van der Waals surface area contributed by atoms with Gasteiger partial charge in [0.25, 0.3) is 5.91 Å². The Morgan fingerprint density at radius 2 is 1.94 bits per heavy atom. The first kappa shape index (κ1) is 22.8. The van der Waals surface area contributed by atoms with Crippen molar-refractivity contribution < 1.29 is 9.59 Å². The molecule has 178 valence electrons. The molecule has 2 aromatic heterocycles. The predicted octanol–water partition coefficient (Wildman–Crippen LogP) is 5.04. The van der Waals surface area contributed by atoms with Crippen LogP contribution in [0.4, 0.5) is 0 Å². The van der Waals surface area contributed by atoms with Gasteiger partial charge in [-0.1, -0.05) is 56.5 Å². The van der Waals surface area contributed by atoms with E-state index in [1.807, 2.05) is 30.5 Å². The lowest BCUT2D eigenvalue weighted by atomic mass is 9.91. The first-order valence-corrected chi connectivity index (χ1v) is 13.2. The number of nitrogens with zero attached hydrogens (tertiary/aromatic N) is 3. The van der Waals surface area contributed by atoms with E-state index in [1.165, 1.54) is 12.0 Å². The Balaban J connectivity index is 1.48. The van der Waals surface area contributed by atoms with Gasteiger partial charge in [0.15, 0.2) is 0 Å². The van der Waals surface area contributed by atoms with Gasteiger partial charge in [-0.05, 0) is 49.3 Å². The van der Waals surface area contributed by atoms with Crippen LogP contribution in [0.2, 0.25) is 0 Å². The van der Waals surface area contributed by atoms with Crippen LogP contribution >= 0.6 is 11.3 Å². The van der Waals surface area contributed by atoms with E-state index < -0.39 is 5.54 Å². The molecule has 1 N–H and O–H groups in total. The number of carbonyl (C=O) groups excluding carboxylic acids is 2. The quantitative estimate of drug-likeness (QED) is 0.542. The zero-order valence-corrected chi connectivity index (χ0v) is 20.7. The van der Waals surface area contributed by atoms with Gasteiger partial charge < -0.3 is 10.2 Å². The molecule has 0 bridgehead atoms. The summed E-state index contributed by atoms with van der Waals surface area (Å²) in [7, 11) is 0. The second kappa shape index (κ2) is 9.37. The SMILES string of the molecule is CCc1ccc(-c2cc3n(n2)C[C@](C)(C(=O)NC2CCCCC2)N(Cc2cccs2)C3=O)cc1. The van der Waals surface area contributed by atoms with Crippen molar-refractivity contribution >= 4 is 23.2 Å². The summed E-state index contributed by atoms with van der Waals surface area (Å²) in [5.74, 6) is -0.232. The minimum Gasteiger partial charge on any atom is -0.351 e. The second-order valence-corrected chi connectivity index (χ2v) is 10.7. The molecule has 0 spiro atoms. The number of thiophene rings is 1. The summed E-state index contributed by atoms with van der Waals surface area (Å²) < 4.78 is 1.73. The molecule has 0 unspecified atom stereocenters. The van der Waals surface area contributed by atoms with Crippen LogP contribution in [0.3, 0.4) is 0 Å². The van der Waals surface area contributed by atoms with Crippen molar-refractivity contribution in [2.45, 2.75) is 77.0 Å². The monoisotopic (exact) mass is 476 g/mol. The van der Waals surface area contributed by atoms with Crippen LogP contribution in [-0.2, 0) is 24.3 Å². The maximum atomic E-state index is 13.8. The third kappa shape index (κ3) is 4.29. The number of rotatable bonds is 6. The van der Waals surface area contributed by atoms with Crippen LogP contribution in [-0.4, -0.2) is 38.1 Å². The normalized spacial score (nSPS) is 20.9. The smallest absolute Gasteiger partial charge is 0.273 e. The number of fused-ring (bicyclic) bond motifs is 1. The van der Waals surface area contributed by atoms with Gasteiger partial charge in [0.2, 0.25) is 5.91 Å². The van der Waals surface area contributed by atoms with Gasteiger partial charge >= 0.3 is 0 Å². The van der Waals surface area contributed by atoms with Gasteiger partial charge in [0, 0.05) is 16.5 Å².